The molecular weight excluding hydrogens is 252 g/mol. The molecule has 1 fully saturated rings. The molecule has 0 unspecified atom stereocenters. The summed E-state index contributed by atoms with van der Waals surface area (Å²) >= 11 is 1.53. The van der Waals surface area contributed by atoms with Gasteiger partial charge in [-0.15, -0.1) is 21.5 Å². The molecule has 0 amide bonds. The highest BCUT2D eigenvalue weighted by molar-refractivity contribution is 7.13. The van der Waals surface area contributed by atoms with Gasteiger partial charge in [0, 0.05) is 0 Å². The number of aromatic nitrogens is 2. The van der Waals surface area contributed by atoms with Crippen LogP contribution in [0, 0.1) is 5.92 Å². The second-order valence-corrected chi connectivity index (χ2v) is 5.22. The summed E-state index contributed by atoms with van der Waals surface area (Å²) in [5.41, 5.74) is 0. The Morgan fingerprint density at radius 2 is 2.39 bits per heavy atom. The summed E-state index contributed by atoms with van der Waals surface area (Å²) in [6, 6.07) is 3.82. The second-order valence-electron chi connectivity index (χ2n) is 4.28. The summed E-state index contributed by atoms with van der Waals surface area (Å²) in [4.78, 5) is 12.4. The van der Waals surface area contributed by atoms with Gasteiger partial charge in [0.1, 0.15) is 0 Å². The van der Waals surface area contributed by atoms with Crippen LogP contribution in [0.15, 0.2) is 21.9 Å². The zero-order chi connectivity index (χ0) is 12.5. The zero-order valence-corrected chi connectivity index (χ0v) is 10.6. The number of carbonyl (C=O) groups excluding carboxylic acids is 1. The van der Waals surface area contributed by atoms with E-state index >= 15 is 0 Å². The van der Waals surface area contributed by atoms with Gasteiger partial charge in [0.2, 0.25) is 0 Å². The van der Waals surface area contributed by atoms with Gasteiger partial charge >= 0.3 is 5.97 Å². The van der Waals surface area contributed by atoms with Crippen molar-refractivity contribution in [1.82, 2.24) is 10.2 Å². The Morgan fingerprint density at radius 3 is 3.06 bits per heavy atom. The van der Waals surface area contributed by atoms with E-state index < -0.39 is 6.10 Å². The van der Waals surface area contributed by atoms with Crippen molar-refractivity contribution in [3.8, 4) is 10.8 Å². The smallest absolute Gasteiger partial charge is 0.309 e. The second kappa shape index (κ2) is 4.53. The van der Waals surface area contributed by atoms with Crippen LogP contribution in [0.5, 0.6) is 0 Å². The summed E-state index contributed by atoms with van der Waals surface area (Å²) in [5.74, 6) is 0.715. The molecule has 5 nitrogen and oxygen atoms in total. The maximum atomic E-state index is 11.5. The van der Waals surface area contributed by atoms with Crippen molar-refractivity contribution in [3.63, 3.8) is 0 Å². The predicted octanol–water partition coefficient (Wildman–Crippen LogP) is 2.81. The number of esters is 1. The number of ether oxygens (including phenoxy) is 1. The number of hydrogen-bond donors (Lipinski definition) is 0. The monoisotopic (exact) mass is 264 g/mol. The molecule has 0 aliphatic heterocycles. The summed E-state index contributed by atoms with van der Waals surface area (Å²) in [5, 5.41) is 9.81. The molecular formula is C12H12N2O3S. The Hall–Kier alpha value is -1.69. The zero-order valence-electron chi connectivity index (χ0n) is 9.83. The fourth-order valence-electron chi connectivity index (χ4n) is 1.54. The molecule has 0 N–H and O–H groups in total. The van der Waals surface area contributed by atoms with Crippen molar-refractivity contribution in [1.29, 1.82) is 0 Å². The van der Waals surface area contributed by atoms with E-state index in [4.69, 9.17) is 9.15 Å². The van der Waals surface area contributed by atoms with Crippen LogP contribution in [-0.2, 0) is 9.53 Å². The Kier molecular flexibility index (Phi) is 2.87. The highest BCUT2D eigenvalue weighted by Gasteiger charge is 2.33. The van der Waals surface area contributed by atoms with Gasteiger partial charge in [-0.3, -0.25) is 4.79 Å². The molecule has 0 spiro atoms. The lowest BCUT2D eigenvalue weighted by Gasteiger charge is -2.08. The van der Waals surface area contributed by atoms with Crippen LogP contribution in [0.1, 0.15) is 31.8 Å². The average Bonchev–Trinajstić information content (AvgIpc) is 2.89. The third-order valence-corrected chi connectivity index (χ3v) is 3.58. The molecule has 0 radical (unpaired) electrons. The fourth-order valence-corrected chi connectivity index (χ4v) is 2.18. The minimum absolute atomic E-state index is 0.0761. The fraction of sp³-hybridized carbons (Fsp3) is 0.417. The van der Waals surface area contributed by atoms with Crippen LogP contribution in [-0.4, -0.2) is 16.2 Å². The molecule has 18 heavy (non-hydrogen) atoms. The van der Waals surface area contributed by atoms with Crippen molar-refractivity contribution in [2.45, 2.75) is 25.9 Å². The van der Waals surface area contributed by atoms with E-state index in [-0.39, 0.29) is 11.9 Å². The van der Waals surface area contributed by atoms with Crippen LogP contribution < -0.4 is 0 Å². The van der Waals surface area contributed by atoms with Crippen LogP contribution in [0.3, 0.4) is 0 Å². The lowest BCUT2D eigenvalue weighted by molar-refractivity contribution is -0.151. The maximum Gasteiger partial charge on any atom is 0.309 e. The molecule has 2 aromatic heterocycles. The molecule has 1 aliphatic carbocycles. The number of carbonyl (C=O) groups is 1. The van der Waals surface area contributed by atoms with E-state index in [1.54, 1.807) is 6.92 Å². The van der Waals surface area contributed by atoms with Gasteiger partial charge in [0.15, 0.2) is 6.10 Å². The predicted molar refractivity (Wildman–Crippen MR) is 64.8 cm³/mol. The Morgan fingerprint density at radius 1 is 1.56 bits per heavy atom. The molecule has 6 heteroatoms. The third-order valence-electron chi connectivity index (χ3n) is 2.72. The van der Waals surface area contributed by atoms with E-state index in [2.05, 4.69) is 10.2 Å². The molecule has 2 heterocycles. The first-order valence-electron chi connectivity index (χ1n) is 5.82. The summed E-state index contributed by atoms with van der Waals surface area (Å²) in [7, 11) is 0. The summed E-state index contributed by atoms with van der Waals surface area (Å²) in [6.45, 7) is 1.74. The minimum atomic E-state index is -0.487. The van der Waals surface area contributed by atoms with Gasteiger partial charge < -0.3 is 9.15 Å². The number of nitrogens with zero attached hydrogens (tertiary/aromatic N) is 2. The molecule has 1 atom stereocenters. The number of rotatable bonds is 4. The first-order valence-corrected chi connectivity index (χ1v) is 6.70. The van der Waals surface area contributed by atoms with Gasteiger partial charge in [-0.1, -0.05) is 6.07 Å². The first kappa shape index (κ1) is 11.4. The van der Waals surface area contributed by atoms with Gasteiger partial charge in [-0.2, -0.15) is 0 Å². The van der Waals surface area contributed by atoms with E-state index in [1.165, 1.54) is 11.3 Å². The van der Waals surface area contributed by atoms with Crippen molar-refractivity contribution >= 4 is 17.3 Å². The van der Waals surface area contributed by atoms with Crippen LogP contribution in [0.25, 0.3) is 10.8 Å². The SMILES string of the molecule is C[C@@H](OC(=O)C1CC1)c1nnc(-c2cccs2)o1. The normalized spacial score (nSPS) is 16.5. The highest BCUT2D eigenvalue weighted by atomic mass is 32.1. The quantitative estimate of drug-likeness (QED) is 0.794. The Balaban J connectivity index is 1.70. The molecule has 2 aromatic rings. The highest BCUT2D eigenvalue weighted by Crippen LogP contribution is 2.32. The Bertz CT molecular complexity index is 545. The number of hydrogen-bond acceptors (Lipinski definition) is 6. The summed E-state index contributed by atoms with van der Waals surface area (Å²) in [6.07, 6.45) is 1.37. The van der Waals surface area contributed by atoms with Gasteiger partial charge in [0.25, 0.3) is 11.8 Å². The van der Waals surface area contributed by atoms with Crippen molar-refractivity contribution in [2.75, 3.05) is 0 Å². The van der Waals surface area contributed by atoms with Gasteiger partial charge in [0.05, 0.1) is 10.8 Å². The van der Waals surface area contributed by atoms with Crippen LogP contribution in [0.2, 0.25) is 0 Å². The maximum absolute atomic E-state index is 11.5. The topological polar surface area (TPSA) is 65.2 Å². The van der Waals surface area contributed by atoms with E-state index in [0.717, 1.165) is 17.7 Å². The molecule has 94 valence electrons. The Labute approximate surface area is 108 Å². The van der Waals surface area contributed by atoms with Crippen molar-refractivity contribution in [2.24, 2.45) is 5.92 Å². The van der Waals surface area contributed by atoms with E-state index in [9.17, 15) is 4.79 Å². The van der Waals surface area contributed by atoms with Crippen molar-refractivity contribution < 1.29 is 13.9 Å². The number of thiophene rings is 1. The van der Waals surface area contributed by atoms with Crippen molar-refractivity contribution in [3.05, 3.63) is 23.4 Å². The molecule has 1 saturated carbocycles. The largest absolute Gasteiger partial charge is 0.452 e. The molecule has 0 bridgehead atoms. The molecule has 3 rings (SSSR count). The lowest BCUT2D eigenvalue weighted by atomic mass is 10.4. The molecule has 0 aromatic carbocycles. The van der Waals surface area contributed by atoms with Crippen LogP contribution in [0.4, 0.5) is 0 Å². The lowest BCUT2D eigenvalue weighted by Crippen LogP contribution is -2.10. The standard InChI is InChI=1S/C12H12N2O3S/c1-7(16-12(15)8-4-5-8)10-13-14-11(17-10)9-3-2-6-18-9/h2-3,6-8H,4-5H2,1H3/t7-/m1/s1. The van der Waals surface area contributed by atoms with Gasteiger partial charge in [-0.25, -0.2) is 0 Å². The minimum Gasteiger partial charge on any atom is -0.452 e. The first-order chi connectivity index (χ1) is 8.74. The van der Waals surface area contributed by atoms with Gasteiger partial charge in [-0.05, 0) is 31.2 Å². The third kappa shape index (κ3) is 2.28. The molecule has 0 saturated heterocycles. The van der Waals surface area contributed by atoms with E-state index in [0.29, 0.717) is 11.8 Å². The average molecular weight is 264 g/mol. The van der Waals surface area contributed by atoms with Crippen LogP contribution >= 0.6 is 11.3 Å². The molecule has 1 aliphatic rings. The summed E-state index contributed by atoms with van der Waals surface area (Å²) < 4.78 is 10.8. The van der Waals surface area contributed by atoms with E-state index in [1.807, 2.05) is 17.5 Å².